The van der Waals surface area contributed by atoms with E-state index in [9.17, 15) is 18.0 Å². The standard InChI is InChI=1S/C9H14F3N3O/c10-9(11,12)7-14-6-8(16)15-5-3-1-2-4-13/h14H,1-3,5-7H2,(H,15,16). The van der Waals surface area contributed by atoms with Crippen molar-refractivity contribution in [3.63, 3.8) is 0 Å². The molecule has 2 N–H and O–H groups in total. The minimum Gasteiger partial charge on any atom is -0.355 e. The zero-order valence-corrected chi connectivity index (χ0v) is 8.73. The van der Waals surface area contributed by atoms with Crippen LogP contribution in [0.25, 0.3) is 0 Å². The van der Waals surface area contributed by atoms with Crippen LogP contribution in [0.15, 0.2) is 0 Å². The summed E-state index contributed by atoms with van der Waals surface area (Å²) in [6.45, 7) is -1.14. The normalized spacial score (nSPS) is 10.9. The molecule has 0 atom stereocenters. The van der Waals surface area contributed by atoms with Crippen LogP contribution < -0.4 is 10.6 Å². The fourth-order valence-corrected chi connectivity index (χ4v) is 0.937. The first-order valence-corrected chi connectivity index (χ1v) is 4.87. The fraction of sp³-hybridized carbons (Fsp3) is 0.778. The summed E-state index contributed by atoms with van der Waals surface area (Å²) in [5.41, 5.74) is 0. The third kappa shape index (κ3) is 10.8. The second-order valence-electron chi connectivity index (χ2n) is 3.18. The Bertz CT molecular complexity index is 247. The molecule has 0 aromatic rings. The van der Waals surface area contributed by atoms with Crippen LogP contribution in [-0.2, 0) is 4.79 Å². The maximum atomic E-state index is 11.7. The molecule has 0 unspecified atom stereocenters. The molecule has 7 heteroatoms. The maximum absolute atomic E-state index is 11.7. The maximum Gasteiger partial charge on any atom is 0.401 e. The van der Waals surface area contributed by atoms with E-state index in [0.717, 1.165) is 0 Å². The average Bonchev–Trinajstić information content (AvgIpc) is 2.15. The van der Waals surface area contributed by atoms with Gasteiger partial charge in [-0.25, -0.2) is 0 Å². The summed E-state index contributed by atoms with van der Waals surface area (Å²) in [4.78, 5) is 11.0. The highest BCUT2D eigenvalue weighted by Gasteiger charge is 2.26. The lowest BCUT2D eigenvalue weighted by Crippen LogP contribution is -2.38. The molecule has 0 aliphatic carbocycles. The highest BCUT2D eigenvalue weighted by Crippen LogP contribution is 2.11. The third-order valence-electron chi connectivity index (χ3n) is 1.65. The summed E-state index contributed by atoms with van der Waals surface area (Å²) in [5.74, 6) is -0.471. The molecule has 0 heterocycles. The number of alkyl halides is 3. The molecule has 16 heavy (non-hydrogen) atoms. The van der Waals surface area contributed by atoms with E-state index in [1.54, 1.807) is 0 Å². The van der Waals surface area contributed by atoms with E-state index < -0.39 is 18.6 Å². The SMILES string of the molecule is N#CCCCCNC(=O)CNCC(F)(F)F. The lowest BCUT2D eigenvalue weighted by atomic mass is 10.2. The Morgan fingerprint density at radius 3 is 2.56 bits per heavy atom. The number of carbonyl (C=O) groups excluding carboxylic acids is 1. The molecular formula is C9H14F3N3O. The van der Waals surface area contributed by atoms with E-state index in [-0.39, 0.29) is 6.54 Å². The van der Waals surface area contributed by atoms with Crippen molar-refractivity contribution in [1.29, 1.82) is 5.26 Å². The van der Waals surface area contributed by atoms with Crippen LogP contribution in [0.5, 0.6) is 0 Å². The summed E-state index contributed by atoms with van der Waals surface area (Å²) in [7, 11) is 0. The number of rotatable bonds is 7. The van der Waals surface area contributed by atoms with Crippen LogP contribution in [0.4, 0.5) is 13.2 Å². The minimum absolute atomic E-state index is 0.349. The van der Waals surface area contributed by atoms with Gasteiger partial charge in [0.2, 0.25) is 5.91 Å². The molecular weight excluding hydrogens is 223 g/mol. The zero-order valence-electron chi connectivity index (χ0n) is 8.73. The van der Waals surface area contributed by atoms with Gasteiger partial charge >= 0.3 is 6.18 Å². The van der Waals surface area contributed by atoms with Gasteiger partial charge in [0.25, 0.3) is 0 Å². The predicted octanol–water partition coefficient (Wildman–Crippen LogP) is 0.948. The van der Waals surface area contributed by atoms with Gasteiger partial charge in [0.15, 0.2) is 0 Å². The topological polar surface area (TPSA) is 64.9 Å². The Hall–Kier alpha value is -1.29. The minimum atomic E-state index is -4.30. The largest absolute Gasteiger partial charge is 0.401 e. The molecule has 0 aliphatic heterocycles. The van der Waals surface area contributed by atoms with E-state index in [2.05, 4.69) is 5.32 Å². The summed E-state index contributed by atoms with van der Waals surface area (Å²) in [5, 5.41) is 12.7. The van der Waals surface area contributed by atoms with Crippen LogP contribution in [-0.4, -0.2) is 31.7 Å². The molecule has 0 aromatic carbocycles. The Balaban J connectivity index is 3.36. The molecule has 0 aliphatic rings. The number of hydrogen-bond acceptors (Lipinski definition) is 3. The molecule has 0 saturated carbocycles. The number of halogens is 3. The molecule has 0 rings (SSSR count). The second-order valence-corrected chi connectivity index (χ2v) is 3.18. The zero-order chi connectivity index (χ0) is 12.4. The summed E-state index contributed by atoms with van der Waals surface area (Å²) >= 11 is 0. The van der Waals surface area contributed by atoms with Gasteiger partial charge in [0.1, 0.15) is 0 Å². The second kappa shape index (κ2) is 7.93. The lowest BCUT2D eigenvalue weighted by Gasteiger charge is -2.08. The first-order valence-electron chi connectivity index (χ1n) is 4.87. The number of nitrogens with zero attached hydrogens (tertiary/aromatic N) is 1. The number of unbranched alkanes of at least 4 members (excludes halogenated alkanes) is 2. The summed E-state index contributed by atoms with van der Waals surface area (Å²) in [6, 6.07) is 1.96. The molecule has 0 fully saturated rings. The van der Waals surface area contributed by atoms with Gasteiger partial charge in [-0.15, -0.1) is 0 Å². The molecule has 1 amide bonds. The van der Waals surface area contributed by atoms with Gasteiger partial charge in [0.05, 0.1) is 19.2 Å². The van der Waals surface area contributed by atoms with Crippen molar-refractivity contribution in [2.45, 2.75) is 25.4 Å². The van der Waals surface area contributed by atoms with Crippen molar-refractivity contribution in [1.82, 2.24) is 10.6 Å². The van der Waals surface area contributed by atoms with Gasteiger partial charge in [-0.05, 0) is 12.8 Å². The van der Waals surface area contributed by atoms with E-state index in [4.69, 9.17) is 5.26 Å². The van der Waals surface area contributed by atoms with Crippen molar-refractivity contribution in [3.05, 3.63) is 0 Å². The van der Waals surface area contributed by atoms with Gasteiger partial charge in [-0.2, -0.15) is 18.4 Å². The van der Waals surface area contributed by atoms with Gasteiger partial charge in [0, 0.05) is 13.0 Å². The molecule has 0 spiro atoms. The van der Waals surface area contributed by atoms with Crippen LogP contribution in [0.2, 0.25) is 0 Å². The van der Waals surface area contributed by atoms with Crippen molar-refractivity contribution in [2.75, 3.05) is 19.6 Å². The molecule has 0 bridgehead atoms. The third-order valence-corrected chi connectivity index (χ3v) is 1.65. The Labute approximate surface area is 91.8 Å². The number of amides is 1. The Kier molecular flexibility index (Phi) is 7.29. The quantitative estimate of drug-likeness (QED) is 0.648. The van der Waals surface area contributed by atoms with Crippen molar-refractivity contribution >= 4 is 5.91 Å². The van der Waals surface area contributed by atoms with Crippen LogP contribution in [0.3, 0.4) is 0 Å². The van der Waals surface area contributed by atoms with Gasteiger partial charge in [-0.1, -0.05) is 0 Å². The number of nitrogens with one attached hydrogen (secondary N) is 2. The number of carbonyl (C=O) groups is 1. The van der Waals surface area contributed by atoms with Crippen molar-refractivity contribution in [2.24, 2.45) is 0 Å². The van der Waals surface area contributed by atoms with E-state index in [0.29, 0.717) is 25.8 Å². The molecule has 0 radical (unpaired) electrons. The van der Waals surface area contributed by atoms with Crippen LogP contribution in [0, 0.1) is 11.3 Å². The van der Waals surface area contributed by atoms with Crippen LogP contribution in [0.1, 0.15) is 19.3 Å². The predicted molar refractivity (Wildman–Crippen MR) is 51.4 cm³/mol. The highest BCUT2D eigenvalue weighted by molar-refractivity contribution is 5.77. The molecule has 0 saturated heterocycles. The fourth-order valence-electron chi connectivity index (χ4n) is 0.937. The Morgan fingerprint density at radius 2 is 2.00 bits per heavy atom. The molecule has 4 nitrogen and oxygen atoms in total. The van der Waals surface area contributed by atoms with Gasteiger partial charge in [-0.3, -0.25) is 4.79 Å². The van der Waals surface area contributed by atoms with Crippen LogP contribution >= 0.6 is 0 Å². The van der Waals surface area contributed by atoms with Crippen molar-refractivity contribution < 1.29 is 18.0 Å². The smallest absolute Gasteiger partial charge is 0.355 e. The summed E-state index contributed by atoms with van der Waals surface area (Å²) in [6.07, 6.45) is -2.55. The number of hydrogen-bond donors (Lipinski definition) is 2. The first kappa shape index (κ1) is 14.7. The highest BCUT2D eigenvalue weighted by atomic mass is 19.4. The Morgan fingerprint density at radius 1 is 1.31 bits per heavy atom. The molecule has 0 aromatic heterocycles. The molecule has 92 valence electrons. The first-order chi connectivity index (χ1) is 7.45. The average molecular weight is 237 g/mol. The van der Waals surface area contributed by atoms with Gasteiger partial charge < -0.3 is 10.6 Å². The summed E-state index contributed by atoms with van der Waals surface area (Å²) < 4.78 is 35.0. The lowest BCUT2D eigenvalue weighted by molar-refractivity contribution is -0.128. The van der Waals surface area contributed by atoms with E-state index in [1.165, 1.54) is 0 Å². The van der Waals surface area contributed by atoms with E-state index in [1.807, 2.05) is 11.4 Å². The van der Waals surface area contributed by atoms with E-state index >= 15 is 0 Å². The monoisotopic (exact) mass is 237 g/mol. The number of nitriles is 1. The van der Waals surface area contributed by atoms with Crippen molar-refractivity contribution in [3.8, 4) is 6.07 Å².